The fourth-order valence-corrected chi connectivity index (χ4v) is 10.9. The molecule has 0 saturated carbocycles. The second kappa shape index (κ2) is 65.6. The third-order valence-corrected chi connectivity index (χ3v) is 16.7. The predicted molar refractivity (Wildman–Crippen MR) is 373 cm³/mol. The van der Waals surface area contributed by atoms with Crippen LogP contribution in [0.5, 0.6) is 0 Å². The number of aliphatic hydroxyl groups excluding tert-OH is 1. The van der Waals surface area contributed by atoms with Crippen LogP contribution in [0.1, 0.15) is 316 Å². The Hall–Kier alpha value is -2.84. The van der Waals surface area contributed by atoms with E-state index >= 15 is 0 Å². The van der Waals surface area contributed by atoms with E-state index in [1.807, 2.05) is 27.2 Å². The molecule has 0 rings (SSSR count). The molecule has 0 aliphatic heterocycles. The quantitative estimate of drug-likeness (QED) is 0.0243. The Kier molecular flexibility index (Phi) is 63.4. The molecule has 0 radical (unpaired) electrons. The highest BCUT2D eigenvalue weighted by atomic mass is 31.2. The number of phosphoric acid groups is 1. The largest absolute Gasteiger partial charge is 0.472 e. The standard InChI is InChI=1S/C76H137N2O6P/c1-6-8-10-12-14-16-18-20-22-24-26-28-30-32-33-34-35-36-37-38-39-40-41-42-43-44-45-46-48-50-52-54-56-58-60-62-64-66-68-70-76(80)77-74(73-84-85(81,82)83-72-71-78(3,4)5)75(79)69-67-65-63-61-59-57-55-53-51-49-47-31-29-27-25-23-21-19-17-15-13-11-9-7-2/h8,10,14,16,20,22,26,28,32-33,35-36,51,53,59,61,67,69,74-75,79H,6-7,9,11-13,15,17-19,21,23-25,27,29-31,34,37-50,52,54-58,60,62-66,68,70-73H2,1-5H3,(H-,77,80,81,82)/p+1/b10-8-,16-14-,22-20-,28-26-,33-32-,36-35-,53-51+,61-59+,69-67+. The van der Waals surface area contributed by atoms with Gasteiger partial charge in [-0.1, -0.05) is 322 Å². The number of nitrogens with zero attached hydrogens (tertiary/aromatic N) is 1. The van der Waals surface area contributed by atoms with Gasteiger partial charge in [-0.05, 0) is 96.3 Å². The topological polar surface area (TPSA) is 105 Å². The van der Waals surface area contributed by atoms with Crippen LogP contribution in [-0.4, -0.2) is 73.4 Å². The number of hydrogen-bond donors (Lipinski definition) is 3. The summed E-state index contributed by atoms with van der Waals surface area (Å²) in [6, 6.07) is -0.875. The molecule has 0 bridgehead atoms. The zero-order valence-electron chi connectivity index (χ0n) is 56.3. The summed E-state index contributed by atoms with van der Waals surface area (Å²) >= 11 is 0. The summed E-state index contributed by atoms with van der Waals surface area (Å²) in [6.07, 6.45) is 96.8. The highest BCUT2D eigenvalue weighted by molar-refractivity contribution is 7.47. The molecule has 0 heterocycles. The molecule has 0 aromatic heterocycles. The first-order valence-corrected chi connectivity index (χ1v) is 37.3. The molecular formula is C76H138N2O6P+. The minimum absolute atomic E-state index is 0.0513. The number of nitrogens with one attached hydrogen (secondary N) is 1. The molecule has 0 aliphatic carbocycles. The van der Waals surface area contributed by atoms with Crippen LogP contribution >= 0.6 is 7.82 Å². The van der Waals surface area contributed by atoms with E-state index in [0.717, 1.165) is 83.5 Å². The molecule has 0 aromatic rings. The summed E-state index contributed by atoms with van der Waals surface area (Å²) in [5.74, 6) is -0.189. The van der Waals surface area contributed by atoms with Crippen molar-refractivity contribution in [3.8, 4) is 0 Å². The van der Waals surface area contributed by atoms with Crippen LogP contribution in [0.25, 0.3) is 0 Å². The van der Waals surface area contributed by atoms with Crippen LogP contribution in [0.2, 0.25) is 0 Å². The Morgan fingerprint density at radius 2 is 0.718 bits per heavy atom. The summed E-state index contributed by atoms with van der Waals surface area (Å²) in [6.45, 7) is 4.70. The molecule has 8 nitrogen and oxygen atoms in total. The molecule has 0 saturated heterocycles. The normalized spacial score (nSPS) is 14.3. The van der Waals surface area contributed by atoms with Crippen molar-refractivity contribution in [1.29, 1.82) is 0 Å². The molecule has 0 aliphatic rings. The fraction of sp³-hybridized carbons (Fsp3) is 0.750. The number of aliphatic hydroxyl groups is 1. The van der Waals surface area contributed by atoms with E-state index < -0.39 is 20.0 Å². The lowest BCUT2D eigenvalue weighted by Crippen LogP contribution is -2.45. The van der Waals surface area contributed by atoms with Gasteiger partial charge in [0.2, 0.25) is 5.91 Å². The maximum Gasteiger partial charge on any atom is 0.472 e. The molecule has 3 N–H and O–H groups in total. The summed E-state index contributed by atoms with van der Waals surface area (Å²) in [4.78, 5) is 23.4. The smallest absolute Gasteiger partial charge is 0.387 e. The van der Waals surface area contributed by atoms with E-state index in [-0.39, 0.29) is 19.1 Å². The van der Waals surface area contributed by atoms with Gasteiger partial charge in [0.05, 0.1) is 39.9 Å². The maximum absolute atomic E-state index is 13.1. The third kappa shape index (κ3) is 68.5. The van der Waals surface area contributed by atoms with E-state index in [0.29, 0.717) is 17.4 Å². The Morgan fingerprint density at radius 3 is 1.08 bits per heavy atom. The monoisotopic (exact) mass is 1210 g/mol. The van der Waals surface area contributed by atoms with Crippen LogP contribution in [0.4, 0.5) is 0 Å². The van der Waals surface area contributed by atoms with Crippen molar-refractivity contribution in [2.75, 3.05) is 40.9 Å². The number of carbonyl (C=O) groups is 1. The van der Waals surface area contributed by atoms with Crippen molar-refractivity contribution in [3.63, 3.8) is 0 Å². The van der Waals surface area contributed by atoms with Crippen molar-refractivity contribution in [3.05, 3.63) is 109 Å². The fourth-order valence-electron chi connectivity index (χ4n) is 10.2. The second-order valence-electron chi connectivity index (χ2n) is 25.2. The van der Waals surface area contributed by atoms with Gasteiger partial charge in [-0.3, -0.25) is 13.8 Å². The van der Waals surface area contributed by atoms with Gasteiger partial charge in [-0.15, -0.1) is 0 Å². The van der Waals surface area contributed by atoms with Gasteiger partial charge in [-0.25, -0.2) is 4.57 Å². The second-order valence-corrected chi connectivity index (χ2v) is 26.7. The lowest BCUT2D eigenvalue weighted by atomic mass is 10.0. The van der Waals surface area contributed by atoms with E-state index in [1.54, 1.807) is 6.08 Å². The Labute approximate surface area is 527 Å². The number of rotatable bonds is 65. The van der Waals surface area contributed by atoms with E-state index in [2.05, 4.69) is 116 Å². The lowest BCUT2D eigenvalue weighted by molar-refractivity contribution is -0.870. The zero-order valence-corrected chi connectivity index (χ0v) is 57.2. The SMILES string of the molecule is CC/C=C\C/C=C\C/C=C\C/C=C\C/C=C\C/C=C\CCCCCCCCCCCCCCCCCCCCCCC(=O)NC(COP(=O)(O)OCC[N+](C)(C)C)C(O)/C=C/CC/C=C/CC/C=C/CCCCCCCCCCCCCCCC. The molecule has 0 aromatic carbocycles. The number of likely N-dealkylation sites (N-methyl/N-ethyl adjacent to an activating group) is 1. The summed E-state index contributed by atoms with van der Waals surface area (Å²) in [5, 5.41) is 14.0. The molecule has 9 heteroatoms. The van der Waals surface area contributed by atoms with Crippen LogP contribution in [-0.2, 0) is 18.4 Å². The van der Waals surface area contributed by atoms with Crippen LogP contribution in [0.3, 0.4) is 0 Å². The number of amides is 1. The first-order valence-electron chi connectivity index (χ1n) is 35.8. The molecule has 85 heavy (non-hydrogen) atoms. The number of quaternary nitrogens is 1. The average Bonchev–Trinajstić information content (AvgIpc) is 3.49. The average molecular weight is 1210 g/mol. The maximum atomic E-state index is 13.1. The van der Waals surface area contributed by atoms with Crippen LogP contribution < -0.4 is 5.32 Å². The number of allylic oxidation sites excluding steroid dienone is 17. The van der Waals surface area contributed by atoms with E-state index in [1.165, 1.54) is 212 Å². The first kappa shape index (κ1) is 82.2. The van der Waals surface area contributed by atoms with Crippen molar-refractivity contribution < 1.29 is 32.9 Å². The number of unbranched alkanes of at least 4 members (excludes halogenated alkanes) is 36. The van der Waals surface area contributed by atoms with Crippen LogP contribution in [0, 0.1) is 0 Å². The Balaban J connectivity index is 4.06. The van der Waals surface area contributed by atoms with Crippen molar-refractivity contribution in [1.82, 2.24) is 5.32 Å². The minimum atomic E-state index is -4.37. The summed E-state index contributed by atoms with van der Waals surface area (Å²) in [5.41, 5.74) is 0. The van der Waals surface area contributed by atoms with Gasteiger partial charge in [0, 0.05) is 6.42 Å². The number of hydrogen-bond acceptors (Lipinski definition) is 5. The Morgan fingerprint density at radius 1 is 0.412 bits per heavy atom. The molecule has 1 amide bonds. The molecule has 3 atom stereocenters. The van der Waals surface area contributed by atoms with Gasteiger partial charge in [0.1, 0.15) is 13.2 Å². The van der Waals surface area contributed by atoms with Crippen LogP contribution in [0.15, 0.2) is 109 Å². The van der Waals surface area contributed by atoms with E-state index in [4.69, 9.17) is 9.05 Å². The van der Waals surface area contributed by atoms with E-state index in [9.17, 15) is 19.4 Å². The van der Waals surface area contributed by atoms with Gasteiger partial charge in [0.15, 0.2) is 0 Å². The van der Waals surface area contributed by atoms with Crippen molar-refractivity contribution >= 4 is 13.7 Å². The molecular weight excluding hydrogens is 1070 g/mol. The Bertz CT molecular complexity index is 1760. The minimum Gasteiger partial charge on any atom is -0.387 e. The van der Waals surface area contributed by atoms with Gasteiger partial charge >= 0.3 is 7.82 Å². The molecule has 492 valence electrons. The predicted octanol–water partition coefficient (Wildman–Crippen LogP) is 23.1. The van der Waals surface area contributed by atoms with Crippen molar-refractivity contribution in [2.45, 2.75) is 328 Å². The van der Waals surface area contributed by atoms with Gasteiger partial charge < -0.3 is 19.8 Å². The molecule has 0 spiro atoms. The molecule has 0 fully saturated rings. The van der Waals surface area contributed by atoms with Crippen molar-refractivity contribution in [2.24, 2.45) is 0 Å². The summed E-state index contributed by atoms with van der Waals surface area (Å²) in [7, 11) is 1.55. The van der Waals surface area contributed by atoms with Gasteiger partial charge in [-0.2, -0.15) is 0 Å². The first-order chi connectivity index (χ1) is 41.5. The highest BCUT2D eigenvalue weighted by Crippen LogP contribution is 2.43. The zero-order chi connectivity index (χ0) is 61.9. The lowest BCUT2D eigenvalue weighted by Gasteiger charge is -2.25. The third-order valence-electron chi connectivity index (χ3n) is 15.7. The highest BCUT2D eigenvalue weighted by Gasteiger charge is 2.28. The molecule has 3 unspecified atom stereocenters. The van der Waals surface area contributed by atoms with Gasteiger partial charge in [0.25, 0.3) is 0 Å². The number of phosphoric ester groups is 1. The summed E-state index contributed by atoms with van der Waals surface area (Å²) < 4.78 is 23.8. The number of carbonyl (C=O) groups excluding carboxylic acids is 1.